The molecule has 0 atom stereocenters. The van der Waals surface area contributed by atoms with Crippen molar-refractivity contribution in [3.05, 3.63) is 219 Å². The van der Waals surface area contributed by atoms with Gasteiger partial charge in [0.1, 0.15) is 5.82 Å². The molecule has 0 amide bonds. The van der Waals surface area contributed by atoms with Crippen LogP contribution in [0.15, 0.2) is 219 Å². The second kappa shape index (κ2) is 13.9. The van der Waals surface area contributed by atoms with Crippen LogP contribution < -0.4 is 4.90 Å². The van der Waals surface area contributed by atoms with Crippen LogP contribution in [0.25, 0.3) is 76.8 Å². The summed E-state index contributed by atoms with van der Waals surface area (Å²) in [6, 6.07) is 76.3. The molecular formula is C53H36N2. The van der Waals surface area contributed by atoms with Gasteiger partial charge in [0.05, 0.1) is 0 Å². The number of anilines is 3. The molecule has 0 aliphatic carbocycles. The van der Waals surface area contributed by atoms with Crippen molar-refractivity contribution >= 4 is 49.5 Å². The molecule has 2 heteroatoms. The average molecular weight is 701 g/mol. The Hall–Kier alpha value is -7.29. The molecule has 9 aromatic carbocycles. The Labute approximate surface area is 321 Å². The van der Waals surface area contributed by atoms with Crippen molar-refractivity contribution in [1.29, 1.82) is 0 Å². The number of hydrogen-bond acceptors (Lipinski definition) is 2. The van der Waals surface area contributed by atoms with Crippen LogP contribution in [0, 0.1) is 0 Å². The van der Waals surface area contributed by atoms with Crippen molar-refractivity contribution < 1.29 is 0 Å². The van der Waals surface area contributed by atoms with Crippen molar-refractivity contribution in [2.24, 2.45) is 0 Å². The van der Waals surface area contributed by atoms with Crippen LogP contribution >= 0.6 is 0 Å². The van der Waals surface area contributed by atoms with Crippen molar-refractivity contribution in [3.63, 3.8) is 0 Å². The van der Waals surface area contributed by atoms with Gasteiger partial charge < -0.3 is 0 Å². The quantitative estimate of drug-likeness (QED) is 0.154. The number of fused-ring (bicyclic) bond motifs is 3. The summed E-state index contributed by atoms with van der Waals surface area (Å²) in [4.78, 5) is 7.15. The predicted molar refractivity (Wildman–Crippen MR) is 233 cm³/mol. The van der Waals surface area contributed by atoms with Crippen molar-refractivity contribution in [2.75, 3.05) is 4.90 Å². The van der Waals surface area contributed by atoms with E-state index in [0.29, 0.717) is 0 Å². The monoisotopic (exact) mass is 700 g/mol. The molecule has 0 spiro atoms. The van der Waals surface area contributed by atoms with Gasteiger partial charge in [0.25, 0.3) is 0 Å². The third kappa shape index (κ3) is 5.91. The first-order chi connectivity index (χ1) is 27.3. The second-order valence-electron chi connectivity index (χ2n) is 13.9. The molecule has 10 rings (SSSR count). The van der Waals surface area contributed by atoms with Crippen LogP contribution in [0.2, 0.25) is 0 Å². The summed E-state index contributed by atoms with van der Waals surface area (Å²) in [5, 5.41) is 7.48. The number of rotatable bonds is 7. The molecule has 258 valence electrons. The standard InChI is InChI=1S/C53H36N2/c1-3-16-37(17-4-1)41-34-42(38-18-5-2-6-19-38)36-44(35-41)55(51-28-13-14-33-54-51)43-31-29-40(30-32-43)52-47-23-9-11-25-49(47)53(50-26-12-10-24-48(50)52)46-27-15-21-39-20-7-8-22-45(39)46/h1-36H. The first kappa shape index (κ1) is 32.4. The van der Waals surface area contributed by atoms with E-state index in [1.165, 1.54) is 65.7 Å². The first-order valence-electron chi connectivity index (χ1n) is 18.8. The van der Waals surface area contributed by atoms with E-state index in [9.17, 15) is 0 Å². The van der Waals surface area contributed by atoms with Crippen LogP contribution in [0.1, 0.15) is 0 Å². The summed E-state index contributed by atoms with van der Waals surface area (Å²) < 4.78 is 0. The van der Waals surface area contributed by atoms with E-state index in [0.717, 1.165) is 28.3 Å². The lowest BCUT2D eigenvalue weighted by Gasteiger charge is -2.26. The van der Waals surface area contributed by atoms with Gasteiger partial charge >= 0.3 is 0 Å². The second-order valence-corrected chi connectivity index (χ2v) is 13.9. The highest BCUT2D eigenvalue weighted by Crippen LogP contribution is 2.46. The third-order valence-corrected chi connectivity index (χ3v) is 10.7. The molecule has 55 heavy (non-hydrogen) atoms. The molecule has 0 bridgehead atoms. The molecule has 0 N–H and O–H groups in total. The lowest BCUT2D eigenvalue weighted by atomic mass is 9.85. The maximum Gasteiger partial charge on any atom is 0.137 e. The molecular weight excluding hydrogens is 665 g/mol. The van der Waals surface area contributed by atoms with Gasteiger partial charge in [0.2, 0.25) is 0 Å². The number of hydrogen-bond donors (Lipinski definition) is 0. The normalized spacial score (nSPS) is 11.3. The molecule has 0 unspecified atom stereocenters. The number of aromatic nitrogens is 1. The molecule has 0 aliphatic rings. The fraction of sp³-hybridized carbons (Fsp3) is 0. The SMILES string of the molecule is c1ccc(-c2cc(-c3ccccc3)cc(N(c3ccc(-c4c5ccccc5c(-c5cccc6ccccc56)c5ccccc45)cc3)c3ccccn3)c2)cc1. The molecule has 0 aliphatic heterocycles. The van der Waals surface area contributed by atoms with Crippen LogP contribution in [-0.4, -0.2) is 4.98 Å². The topological polar surface area (TPSA) is 16.1 Å². The Morgan fingerprint density at radius 3 is 1.40 bits per heavy atom. The van der Waals surface area contributed by atoms with Gasteiger partial charge in [-0.05, 0) is 119 Å². The summed E-state index contributed by atoms with van der Waals surface area (Å²) in [6.07, 6.45) is 1.87. The van der Waals surface area contributed by atoms with Gasteiger partial charge in [-0.25, -0.2) is 4.98 Å². The number of nitrogens with zero attached hydrogens (tertiary/aromatic N) is 2. The lowest BCUT2D eigenvalue weighted by Crippen LogP contribution is -2.11. The predicted octanol–water partition coefficient (Wildman–Crippen LogP) is 14.7. The third-order valence-electron chi connectivity index (χ3n) is 10.7. The number of pyridine rings is 1. The Morgan fingerprint density at radius 2 is 0.818 bits per heavy atom. The zero-order valence-corrected chi connectivity index (χ0v) is 30.2. The minimum atomic E-state index is 0.856. The largest absolute Gasteiger partial charge is 0.295 e. The van der Waals surface area contributed by atoms with E-state index in [2.05, 4.69) is 211 Å². The number of benzene rings is 9. The minimum absolute atomic E-state index is 0.856. The summed E-state index contributed by atoms with van der Waals surface area (Å²) in [5.41, 5.74) is 11.7. The van der Waals surface area contributed by atoms with Crippen LogP contribution in [0.5, 0.6) is 0 Å². The molecule has 0 saturated carbocycles. The van der Waals surface area contributed by atoms with E-state index in [1.54, 1.807) is 0 Å². The highest BCUT2D eigenvalue weighted by atomic mass is 15.2. The summed E-state index contributed by atoms with van der Waals surface area (Å²) in [7, 11) is 0. The fourth-order valence-corrected chi connectivity index (χ4v) is 8.18. The Morgan fingerprint density at radius 1 is 0.309 bits per heavy atom. The molecule has 10 aromatic rings. The maximum absolute atomic E-state index is 4.89. The molecule has 0 radical (unpaired) electrons. The highest BCUT2D eigenvalue weighted by Gasteiger charge is 2.20. The van der Waals surface area contributed by atoms with Crippen LogP contribution in [0.3, 0.4) is 0 Å². The molecule has 1 aromatic heterocycles. The van der Waals surface area contributed by atoms with Gasteiger partial charge in [-0.3, -0.25) is 4.90 Å². The zero-order valence-electron chi connectivity index (χ0n) is 30.2. The van der Waals surface area contributed by atoms with Gasteiger partial charge in [-0.1, -0.05) is 170 Å². The Bertz CT molecular complexity index is 2830. The minimum Gasteiger partial charge on any atom is -0.295 e. The van der Waals surface area contributed by atoms with Gasteiger partial charge in [-0.2, -0.15) is 0 Å². The highest BCUT2D eigenvalue weighted by molar-refractivity contribution is 6.23. The smallest absolute Gasteiger partial charge is 0.137 e. The fourth-order valence-electron chi connectivity index (χ4n) is 8.18. The van der Waals surface area contributed by atoms with E-state index < -0.39 is 0 Å². The van der Waals surface area contributed by atoms with E-state index >= 15 is 0 Å². The van der Waals surface area contributed by atoms with Crippen LogP contribution in [0.4, 0.5) is 17.2 Å². The van der Waals surface area contributed by atoms with Gasteiger partial charge in [-0.15, -0.1) is 0 Å². The van der Waals surface area contributed by atoms with E-state index in [1.807, 2.05) is 12.3 Å². The average Bonchev–Trinajstić information content (AvgIpc) is 3.27. The Balaban J connectivity index is 1.16. The maximum atomic E-state index is 4.89. The summed E-state index contributed by atoms with van der Waals surface area (Å²) >= 11 is 0. The van der Waals surface area contributed by atoms with E-state index in [4.69, 9.17) is 4.98 Å². The molecule has 1 heterocycles. The van der Waals surface area contributed by atoms with Crippen LogP contribution in [-0.2, 0) is 0 Å². The van der Waals surface area contributed by atoms with Gasteiger partial charge in [0, 0.05) is 17.6 Å². The van der Waals surface area contributed by atoms with Crippen molar-refractivity contribution in [2.45, 2.75) is 0 Å². The molecule has 0 fully saturated rings. The molecule has 0 saturated heterocycles. The Kier molecular flexibility index (Phi) is 8.20. The summed E-state index contributed by atoms with van der Waals surface area (Å²) in [6.45, 7) is 0. The molecule has 2 nitrogen and oxygen atoms in total. The lowest BCUT2D eigenvalue weighted by molar-refractivity contribution is 1.18. The van der Waals surface area contributed by atoms with Crippen molar-refractivity contribution in [1.82, 2.24) is 4.98 Å². The van der Waals surface area contributed by atoms with Crippen molar-refractivity contribution in [3.8, 4) is 44.5 Å². The summed E-state index contributed by atoms with van der Waals surface area (Å²) in [5.74, 6) is 0.856. The zero-order chi connectivity index (χ0) is 36.6. The van der Waals surface area contributed by atoms with Gasteiger partial charge in [0.15, 0.2) is 0 Å². The first-order valence-corrected chi connectivity index (χ1v) is 18.8. The van der Waals surface area contributed by atoms with E-state index in [-0.39, 0.29) is 0 Å².